The van der Waals surface area contributed by atoms with Crippen molar-refractivity contribution < 1.29 is 14.3 Å². The molecule has 2 aliphatic heterocycles. The van der Waals surface area contributed by atoms with E-state index < -0.39 is 0 Å². The molecule has 0 bridgehead atoms. The van der Waals surface area contributed by atoms with Crippen molar-refractivity contribution in [3.63, 3.8) is 0 Å². The summed E-state index contributed by atoms with van der Waals surface area (Å²) in [5, 5.41) is 5.09. The fraction of sp³-hybridized carbons (Fsp3) is 0.208. The summed E-state index contributed by atoms with van der Waals surface area (Å²) in [6.45, 7) is 3.08. The molecular weight excluding hydrogens is 396 g/mol. The molecule has 1 N–H and O–H groups in total. The highest BCUT2D eigenvalue weighted by Crippen LogP contribution is 2.31. The van der Waals surface area contributed by atoms with Gasteiger partial charge in [0.2, 0.25) is 5.91 Å². The van der Waals surface area contributed by atoms with Crippen LogP contribution in [0.2, 0.25) is 0 Å². The predicted molar refractivity (Wildman–Crippen MR) is 121 cm³/mol. The highest BCUT2D eigenvalue weighted by molar-refractivity contribution is 7.10. The van der Waals surface area contributed by atoms with Gasteiger partial charge < -0.3 is 19.7 Å². The van der Waals surface area contributed by atoms with E-state index in [0.717, 1.165) is 36.5 Å². The lowest BCUT2D eigenvalue weighted by atomic mass is 10.1. The van der Waals surface area contributed by atoms with Crippen LogP contribution in [0.25, 0.3) is 6.08 Å². The first kappa shape index (κ1) is 18.8. The average molecular weight is 419 g/mol. The van der Waals surface area contributed by atoms with E-state index in [1.165, 1.54) is 22.2 Å². The lowest BCUT2D eigenvalue weighted by molar-refractivity contribution is -0.111. The molecule has 30 heavy (non-hydrogen) atoms. The summed E-state index contributed by atoms with van der Waals surface area (Å²) in [7, 11) is 0. The molecule has 0 radical (unpaired) electrons. The van der Waals surface area contributed by atoms with Gasteiger partial charge in [-0.15, -0.1) is 11.3 Å². The Hall–Kier alpha value is -3.25. The van der Waals surface area contributed by atoms with Crippen molar-refractivity contribution in [3.8, 4) is 11.5 Å². The van der Waals surface area contributed by atoms with Gasteiger partial charge in [-0.1, -0.05) is 6.07 Å². The number of hydrogen-bond acceptors (Lipinski definition) is 5. The van der Waals surface area contributed by atoms with Gasteiger partial charge in [0, 0.05) is 35.4 Å². The normalized spacial score (nSPS) is 15.1. The van der Waals surface area contributed by atoms with Crippen molar-refractivity contribution in [1.29, 1.82) is 0 Å². The van der Waals surface area contributed by atoms with Gasteiger partial charge in [-0.25, -0.2) is 0 Å². The minimum Gasteiger partial charge on any atom is -0.486 e. The van der Waals surface area contributed by atoms with Crippen molar-refractivity contribution in [2.45, 2.75) is 13.0 Å². The minimum absolute atomic E-state index is 0.168. The monoisotopic (exact) mass is 418 g/mol. The third-order valence-corrected chi connectivity index (χ3v) is 6.32. The molecule has 1 amide bonds. The lowest BCUT2D eigenvalue weighted by Gasteiger charge is -2.29. The zero-order valence-electron chi connectivity index (χ0n) is 16.5. The summed E-state index contributed by atoms with van der Waals surface area (Å²) < 4.78 is 11.1. The quantitative estimate of drug-likeness (QED) is 0.622. The van der Waals surface area contributed by atoms with Crippen LogP contribution < -0.4 is 19.7 Å². The van der Waals surface area contributed by atoms with Gasteiger partial charge in [0.1, 0.15) is 13.2 Å². The van der Waals surface area contributed by atoms with E-state index in [4.69, 9.17) is 9.47 Å². The van der Waals surface area contributed by atoms with E-state index in [1.807, 2.05) is 41.7 Å². The van der Waals surface area contributed by atoms with E-state index in [1.54, 1.807) is 6.08 Å². The number of thiophene rings is 1. The standard InChI is InChI=1S/C24H22N2O3S/c27-24(8-2-17-1-7-21-22(15-17)29-13-12-28-21)25-19-3-5-20(6-4-19)26-11-9-23-18(16-26)10-14-30-23/h1-8,10,14-15H,9,11-13,16H2,(H,25,27)/b8-2+. The van der Waals surface area contributed by atoms with Crippen LogP contribution in [0.4, 0.5) is 11.4 Å². The number of benzene rings is 2. The molecule has 1 aromatic heterocycles. The molecule has 2 aromatic carbocycles. The minimum atomic E-state index is -0.168. The van der Waals surface area contributed by atoms with E-state index in [9.17, 15) is 4.79 Å². The van der Waals surface area contributed by atoms with Crippen LogP contribution in [0.3, 0.4) is 0 Å². The largest absolute Gasteiger partial charge is 0.486 e. The molecule has 0 unspecified atom stereocenters. The van der Waals surface area contributed by atoms with Gasteiger partial charge in [0.15, 0.2) is 11.5 Å². The number of carbonyl (C=O) groups excluding carboxylic acids is 1. The van der Waals surface area contributed by atoms with Crippen molar-refractivity contribution in [1.82, 2.24) is 0 Å². The number of hydrogen-bond donors (Lipinski definition) is 1. The topological polar surface area (TPSA) is 50.8 Å². The Morgan fingerprint density at radius 3 is 2.73 bits per heavy atom. The molecule has 0 saturated heterocycles. The molecule has 5 rings (SSSR count). The third kappa shape index (κ3) is 4.04. The predicted octanol–water partition coefficient (Wildman–Crippen LogP) is 4.73. The average Bonchev–Trinajstić information content (AvgIpc) is 3.26. The van der Waals surface area contributed by atoms with Crippen LogP contribution in [0.5, 0.6) is 11.5 Å². The summed E-state index contributed by atoms with van der Waals surface area (Å²) in [6, 6.07) is 15.9. The molecule has 5 nitrogen and oxygen atoms in total. The van der Waals surface area contributed by atoms with Crippen LogP contribution in [0.1, 0.15) is 16.0 Å². The van der Waals surface area contributed by atoms with Crippen molar-refractivity contribution in [2.24, 2.45) is 0 Å². The first-order valence-corrected chi connectivity index (χ1v) is 10.9. The highest BCUT2D eigenvalue weighted by atomic mass is 32.1. The number of carbonyl (C=O) groups is 1. The van der Waals surface area contributed by atoms with Crippen LogP contribution in [0, 0.1) is 0 Å². The zero-order chi connectivity index (χ0) is 20.3. The molecule has 3 aromatic rings. The fourth-order valence-corrected chi connectivity index (χ4v) is 4.63. The van der Waals surface area contributed by atoms with E-state index >= 15 is 0 Å². The number of nitrogens with zero attached hydrogens (tertiary/aromatic N) is 1. The Morgan fingerprint density at radius 1 is 1.03 bits per heavy atom. The molecule has 0 spiro atoms. The molecule has 2 aliphatic rings. The second-order valence-corrected chi connectivity index (χ2v) is 8.31. The van der Waals surface area contributed by atoms with Gasteiger partial charge in [0.05, 0.1) is 0 Å². The lowest BCUT2D eigenvalue weighted by Crippen LogP contribution is -2.29. The molecule has 0 atom stereocenters. The smallest absolute Gasteiger partial charge is 0.248 e. The van der Waals surface area contributed by atoms with Crippen LogP contribution in [-0.4, -0.2) is 25.7 Å². The SMILES string of the molecule is O=C(/C=C/c1ccc2c(c1)OCCO2)Nc1ccc(N2CCc3sccc3C2)cc1. The van der Waals surface area contributed by atoms with Crippen molar-refractivity contribution >= 4 is 34.7 Å². The Morgan fingerprint density at radius 2 is 1.87 bits per heavy atom. The fourth-order valence-electron chi connectivity index (χ4n) is 3.74. The Bertz CT molecular complexity index is 1090. The summed E-state index contributed by atoms with van der Waals surface area (Å²) in [5.74, 6) is 1.29. The Kier molecular flexibility index (Phi) is 5.15. The maximum absolute atomic E-state index is 12.3. The number of ether oxygens (including phenoxy) is 2. The van der Waals surface area contributed by atoms with Crippen molar-refractivity contribution in [2.75, 3.05) is 30.0 Å². The van der Waals surface area contributed by atoms with Gasteiger partial charge in [0.25, 0.3) is 0 Å². The van der Waals surface area contributed by atoms with Crippen LogP contribution >= 0.6 is 11.3 Å². The number of nitrogens with one attached hydrogen (secondary N) is 1. The summed E-state index contributed by atoms with van der Waals surface area (Å²) in [6.07, 6.45) is 4.40. The summed E-state index contributed by atoms with van der Waals surface area (Å²) >= 11 is 1.85. The van der Waals surface area contributed by atoms with Crippen LogP contribution in [-0.2, 0) is 17.8 Å². The third-order valence-electron chi connectivity index (χ3n) is 5.30. The maximum atomic E-state index is 12.3. The van der Waals surface area contributed by atoms with Gasteiger partial charge >= 0.3 is 0 Å². The number of rotatable bonds is 4. The number of anilines is 2. The van der Waals surface area contributed by atoms with E-state index in [2.05, 4.69) is 33.8 Å². The first-order valence-electron chi connectivity index (χ1n) is 10.0. The number of fused-ring (bicyclic) bond motifs is 2. The first-order chi connectivity index (χ1) is 14.7. The molecule has 0 aliphatic carbocycles. The molecule has 152 valence electrons. The molecule has 3 heterocycles. The summed E-state index contributed by atoms with van der Waals surface area (Å²) in [5.41, 5.74) is 4.27. The Labute approximate surface area is 179 Å². The zero-order valence-corrected chi connectivity index (χ0v) is 17.3. The van der Waals surface area contributed by atoms with Gasteiger partial charge in [-0.2, -0.15) is 0 Å². The van der Waals surface area contributed by atoms with Crippen LogP contribution in [0.15, 0.2) is 60.0 Å². The van der Waals surface area contributed by atoms with Gasteiger partial charge in [-0.05, 0) is 71.5 Å². The van der Waals surface area contributed by atoms with E-state index in [0.29, 0.717) is 19.0 Å². The molecule has 0 fully saturated rings. The molecule has 0 saturated carbocycles. The van der Waals surface area contributed by atoms with E-state index in [-0.39, 0.29) is 5.91 Å². The summed E-state index contributed by atoms with van der Waals surface area (Å²) in [4.78, 5) is 16.2. The number of amides is 1. The Balaban J connectivity index is 1.20. The molecular formula is C24H22N2O3S. The second-order valence-electron chi connectivity index (χ2n) is 7.31. The second kappa shape index (κ2) is 8.24. The highest BCUT2D eigenvalue weighted by Gasteiger charge is 2.17. The van der Waals surface area contributed by atoms with Crippen molar-refractivity contribution in [3.05, 3.63) is 76.0 Å². The van der Waals surface area contributed by atoms with Gasteiger partial charge in [-0.3, -0.25) is 4.79 Å². The molecule has 6 heteroatoms. The maximum Gasteiger partial charge on any atom is 0.248 e.